The SMILES string of the molecule is C1CC([SiH2][SiH]2[SiH2][SiH2][SiH2][SiH2][SiH2]2)C1. The standard InChI is InChI=1S/C4H20Si7/c1-2-4(3-1)5-11-9-7-6-8-10-11/h4,11H,1-3,5-10H2. The van der Waals surface area contributed by atoms with Gasteiger partial charge in [-0.05, 0) is 50.1 Å². The van der Waals surface area contributed by atoms with E-state index in [1.165, 1.54) is 5.54 Å². The molecule has 0 atom stereocenters. The molecule has 1 heterocycles. The van der Waals surface area contributed by atoms with Gasteiger partial charge in [-0.15, -0.1) is 0 Å². The van der Waals surface area contributed by atoms with Gasteiger partial charge in [-0.2, -0.15) is 0 Å². The van der Waals surface area contributed by atoms with E-state index in [1.54, 1.807) is 19.3 Å². The minimum absolute atomic E-state index is 0.424. The van der Waals surface area contributed by atoms with E-state index in [4.69, 9.17) is 0 Å². The zero-order valence-corrected chi connectivity index (χ0v) is 17.2. The third-order valence-corrected chi connectivity index (χ3v) is 154. The molecule has 11 heavy (non-hydrogen) atoms. The maximum atomic E-state index is 1.74. The van der Waals surface area contributed by atoms with Crippen LogP contribution in [0.3, 0.4) is 0 Å². The highest BCUT2D eigenvalue weighted by atomic mass is 30.2. The van der Waals surface area contributed by atoms with Gasteiger partial charge in [0.2, 0.25) is 0 Å². The topological polar surface area (TPSA) is 0 Å². The van der Waals surface area contributed by atoms with Gasteiger partial charge in [0.1, 0.15) is 0 Å². The summed E-state index contributed by atoms with van der Waals surface area (Å²) in [5.74, 6) is 0. The summed E-state index contributed by atoms with van der Waals surface area (Å²) in [6, 6.07) is 0. The molecule has 0 aromatic carbocycles. The first-order valence-corrected chi connectivity index (χ1v) is 32.1. The molecule has 0 spiro atoms. The maximum Gasteiger partial charge on any atom is 0.00896 e. The molecule has 7 heteroatoms. The molecular weight excluding hydrogens is 245 g/mol. The van der Waals surface area contributed by atoms with Crippen LogP contribution in [-0.2, 0) is 0 Å². The van der Waals surface area contributed by atoms with Crippen molar-refractivity contribution in [2.24, 2.45) is 0 Å². The second-order valence-corrected chi connectivity index (χ2v) is 72.7. The predicted molar refractivity (Wildman–Crippen MR) is 76.0 cm³/mol. The largest absolute Gasteiger partial charge is 0.0542 e. The average molecular weight is 265 g/mol. The minimum Gasteiger partial charge on any atom is -0.0542 e. The van der Waals surface area contributed by atoms with Crippen molar-refractivity contribution >= 4 is 59.2 Å². The smallest absolute Gasteiger partial charge is 0.00896 e. The fourth-order valence-corrected chi connectivity index (χ4v) is 323. The summed E-state index contributed by atoms with van der Waals surface area (Å²) in [6.45, 7) is 0. The predicted octanol–water partition coefficient (Wildman–Crippen LogP) is -4.64. The quantitative estimate of drug-likeness (QED) is 0.440. The molecule has 64 valence electrons. The molecule has 0 bridgehead atoms. The van der Waals surface area contributed by atoms with Crippen molar-refractivity contribution in [3.05, 3.63) is 0 Å². The van der Waals surface area contributed by atoms with Gasteiger partial charge in [0.25, 0.3) is 0 Å². The van der Waals surface area contributed by atoms with Gasteiger partial charge >= 0.3 is 0 Å². The van der Waals surface area contributed by atoms with Crippen LogP contribution in [0.1, 0.15) is 19.3 Å². The Bertz CT molecular complexity index is 118. The van der Waals surface area contributed by atoms with Crippen molar-refractivity contribution in [1.82, 2.24) is 0 Å². The lowest BCUT2D eigenvalue weighted by Crippen LogP contribution is -2.53. The van der Waals surface area contributed by atoms with E-state index in [9.17, 15) is 0 Å². The molecule has 2 aliphatic rings. The van der Waals surface area contributed by atoms with E-state index >= 15 is 0 Å². The lowest BCUT2D eigenvalue weighted by atomic mass is 10.00. The molecule has 0 nitrogen and oxygen atoms in total. The molecule has 1 aliphatic carbocycles. The molecule has 0 N–H and O–H groups in total. The van der Waals surface area contributed by atoms with Crippen molar-refractivity contribution < 1.29 is 0 Å². The summed E-state index contributed by atoms with van der Waals surface area (Å²) in [4.78, 5) is 0. The normalized spacial score (nSPS) is 45.3. The van der Waals surface area contributed by atoms with E-state index in [-0.39, 0.29) is 0 Å². The maximum absolute atomic E-state index is 1.74. The Labute approximate surface area is 83.8 Å². The molecule has 0 aromatic rings. The molecule has 0 unspecified atom stereocenters. The Hall–Kier alpha value is 1.52. The highest BCUT2D eigenvalue weighted by molar-refractivity contribution is 7.87. The van der Waals surface area contributed by atoms with Crippen LogP contribution in [0.2, 0.25) is 5.54 Å². The van der Waals surface area contributed by atoms with E-state index < -0.39 is 0 Å². The monoisotopic (exact) mass is 264 g/mol. The molecule has 0 aromatic heterocycles. The molecular formula is C4H20Si7. The second kappa shape index (κ2) is 4.67. The Balaban J connectivity index is 1.67. The van der Waals surface area contributed by atoms with Gasteiger partial charge in [-0.1, -0.05) is 24.8 Å². The van der Waals surface area contributed by atoms with Gasteiger partial charge in [-0.25, -0.2) is 0 Å². The number of hydrogen-bond acceptors (Lipinski definition) is 0. The zero-order valence-electron chi connectivity index (χ0n) is 7.52. The Morgan fingerprint density at radius 2 is 1.82 bits per heavy atom. The average Bonchev–Trinajstić information content (AvgIpc) is 1.99. The highest BCUT2D eigenvalue weighted by Crippen LogP contribution is 2.31. The van der Waals surface area contributed by atoms with E-state index in [2.05, 4.69) is 0 Å². The van der Waals surface area contributed by atoms with Crippen LogP contribution in [0.5, 0.6) is 0 Å². The summed E-state index contributed by atoms with van der Waals surface area (Å²) in [5, 5.41) is 0. The van der Waals surface area contributed by atoms with Crippen LogP contribution in [0.4, 0.5) is 0 Å². The first-order valence-electron chi connectivity index (χ1n) is 5.45. The van der Waals surface area contributed by atoms with Crippen LogP contribution in [-0.4, -0.2) is 59.2 Å². The lowest BCUT2D eigenvalue weighted by molar-refractivity contribution is 0.502. The molecule has 2 fully saturated rings. The summed E-state index contributed by atoms with van der Waals surface area (Å²) in [5.41, 5.74) is 1.48. The van der Waals surface area contributed by atoms with E-state index in [0.29, 0.717) is 7.35 Å². The van der Waals surface area contributed by atoms with Crippen molar-refractivity contribution in [3.63, 3.8) is 0 Å². The van der Waals surface area contributed by atoms with Gasteiger partial charge in [0, 0.05) is 9.04 Å². The Morgan fingerprint density at radius 3 is 2.36 bits per heavy atom. The van der Waals surface area contributed by atoms with Gasteiger partial charge < -0.3 is 0 Å². The number of rotatable bonds is 2. The van der Waals surface area contributed by atoms with Crippen LogP contribution >= 0.6 is 0 Å². The van der Waals surface area contributed by atoms with E-state index in [1.807, 2.05) is 0 Å². The van der Waals surface area contributed by atoms with Crippen molar-refractivity contribution in [2.45, 2.75) is 24.8 Å². The van der Waals surface area contributed by atoms with Gasteiger partial charge in [0.05, 0.1) is 0 Å². The molecule has 1 saturated heterocycles. The first-order chi connectivity index (χ1) is 5.45. The molecule has 1 saturated carbocycles. The Morgan fingerprint density at radius 1 is 1.09 bits per heavy atom. The molecule has 0 amide bonds. The summed E-state index contributed by atoms with van der Waals surface area (Å²) < 4.78 is 0. The van der Waals surface area contributed by atoms with Crippen molar-refractivity contribution in [3.8, 4) is 0 Å². The van der Waals surface area contributed by atoms with Crippen LogP contribution in [0.15, 0.2) is 0 Å². The minimum atomic E-state index is 0.424. The third kappa shape index (κ3) is 2.74. The summed E-state index contributed by atoms with van der Waals surface area (Å²) in [6.07, 6.45) is 5.11. The van der Waals surface area contributed by atoms with E-state index in [0.717, 1.165) is 51.8 Å². The van der Waals surface area contributed by atoms with Crippen LogP contribution in [0.25, 0.3) is 0 Å². The van der Waals surface area contributed by atoms with Gasteiger partial charge in [0.15, 0.2) is 0 Å². The second-order valence-electron chi connectivity index (χ2n) is 4.54. The fourth-order valence-electron chi connectivity index (χ4n) is 2.62. The Kier molecular flexibility index (Phi) is 3.86. The third-order valence-electron chi connectivity index (χ3n) is 3.62. The molecule has 2 rings (SSSR count). The van der Waals surface area contributed by atoms with Crippen molar-refractivity contribution in [2.75, 3.05) is 0 Å². The first kappa shape index (κ1) is 9.09. The lowest BCUT2D eigenvalue weighted by Gasteiger charge is -2.29. The number of hydrogen-bond donors (Lipinski definition) is 0. The van der Waals surface area contributed by atoms with Crippen LogP contribution < -0.4 is 0 Å². The summed E-state index contributed by atoms with van der Waals surface area (Å²) in [7, 11) is 5.68. The molecule has 1 aliphatic heterocycles. The summed E-state index contributed by atoms with van der Waals surface area (Å²) >= 11 is 0. The van der Waals surface area contributed by atoms with Gasteiger partial charge in [-0.3, -0.25) is 0 Å². The molecule has 0 radical (unpaired) electrons. The van der Waals surface area contributed by atoms with Crippen LogP contribution in [0, 0.1) is 0 Å². The van der Waals surface area contributed by atoms with Crippen molar-refractivity contribution in [1.29, 1.82) is 0 Å². The zero-order chi connectivity index (χ0) is 7.52. The fraction of sp³-hybridized carbons (Fsp3) is 1.00. The highest BCUT2D eigenvalue weighted by Gasteiger charge is 2.24.